The molecule has 1 aliphatic heterocycles. The molecule has 2 heterocycles. The van der Waals surface area contributed by atoms with Gasteiger partial charge in [0.1, 0.15) is 24.2 Å². The summed E-state index contributed by atoms with van der Waals surface area (Å²) in [5.74, 6) is 0.693. The van der Waals surface area contributed by atoms with Gasteiger partial charge in [0.15, 0.2) is 0 Å². The van der Waals surface area contributed by atoms with Crippen molar-refractivity contribution < 1.29 is 9.59 Å². The molecule has 1 aromatic rings. The highest BCUT2D eigenvalue weighted by Gasteiger charge is 2.47. The predicted octanol–water partition coefficient (Wildman–Crippen LogP) is 0.459. The second-order valence-electron chi connectivity index (χ2n) is 5.84. The Morgan fingerprint density at radius 3 is 2.76 bits per heavy atom. The average Bonchev–Trinajstić information content (AvgIpc) is 2.92. The van der Waals surface area contributed by atoms with E-state index in [1.165, 1.54) is 6.33 Å². The van der Waals surface area contributed by atoms with Crippen molar-refractivity contribution in [1.82, 2.24) is 25.0 Å². The molecule has 2 aliphatic rings. The molecule has 0 unspecified atom stereocenters. The number of nitrogens with zero attached hydrogens (tertiary/aromatic N) is 4. The van der Waals surface area contributed by atoms with Gasteiger partial charge in [-0.25, -0.2) is 9.67 Å². The molecule has 21 heavy (non-hydrogen) atoms. The summed E-state index contributed by atoms with van der Waals surface area (Å²) in [6.07, 6.45) is 6.10. The van der Waals surface area contributed by atoms with Crippen LogP contribution < -0.4 is 5.32 Å². The van der Waals surface area contributed by atoms with Gasteiger partial charge < -0.3 is 10.2 Å². The number of amides is 2. The van der Waals surface area contributed by atoms with Crippen LogP contribution in [0.1, 0.15) is 44.9 Å². The van der Waals surface area contributed by atoms with Crippen LogP contribution >= 0.6 is 0 Å². The zero-order valence-electron chi connectivity index (χ0n) is 12.3. The van der Waals surface area contributed by atoms with Crippen molar-refractivity contribution in [3.8, 4) is 0 Å². The summed E-state index contributed by atoms with van der Waals surface area (Å²) in [5.41, 5.74) is -0.676. The van der Waals surface area contributed by atoms with Crippen LogP contribution in [0.2, 0.25) is 0 Å². The number of carbonyl (C=O) groups is 2. The number of carbonyl (C=O) groups excluding carboxylic acids is 2. The summed E-state index contributed by atoms with van der Waals surface area (Å²) in [5, 5.41) is 7.06. The highest BCUT2D eigenvalue weighted by atomic mass is 16.2. The van der Waals surface area contributed by atoms with Gasteiger partial charge >= 0.3 is 0 Å². The van der Waals surface area contributed by atoms with Gasteiger partial charge in [-0.05, 0) is 19.8 Å². The van der Waals surface area contributed by atoms with E-state index in [4.69, 9.17) is 0 Å². The molecule has 1 N–H and O–H groups in total. The van der Waals surface area contributed by atoms with Gasteiger partial charge in [-0.1, -0.05) is 19.3 Å². The third-order valence-electron chi connectivity index (χ3n) is 4.44. The van der Waals surface area contributed by atoms with Gasteiger partial charge in [0.05, 0.1) is 6.54 Å². The molecule has 0 radical (unpaired) electrons. The van der Waals surface area contributed by atoms with Crippen molar-refractivity contribution in [1.29, 1.82) is 0 Å². The molecule has 1 saturated carbocycles. The third kappa shape index (κ3) is 2.52. The lowest BCUT2D eigenvalue weighted by molar-refractivity contribution is -0.152. The highest BCUT2D eigenvalue weighted by Crippen LogP contribution is 2.32. The Hall–Kier alpha value is -1.92. The number of rotatable bonds is 3. The number of nitrogens with one attached hydrogen (secondary N) is 1. The van der Waals surface area contributed by atoms with Crippen molar-refractivity contribution in [3.05, 3.63) is 12.2 Å². The molecule has 0 aromatic carbocycles. The summed E-state index contributed by atoms with van der Waals surface area (Å²) < 4.78 is 1.76. The first-order chi connectivity index (χ1) is 10.1. The Labute approximate surface area is 123 Å². The van der Waals surface area contributed by atoms with E-state index in [9.17, 15) is 9.59 Å². The van der Waals surface area contributed by atoms with Gasteiger partial charge in [0.25, 0.3) is 0 Å². The summed E-state index contributed by atoms with van der Waals surface area (Å²) in [7, 11) is 0. The Morgan fingerprint density at radius 1 is 1.29 bits per heavy atom. The summed E-state index contributed by atoms with van der Waals surface area (Å²) in [6.45, 7) is 3.14. The molecule has 7 heteroatoms. The Morgan fingerprint density at radius 2 is 2.05 bits per heavy atom. The van der Waals surface area contributed by atoms with Crippen LogP contribution in [0.15, 0.2) is 6.33 Å². The second kappa shape index (κ2) is 5.46. The molecule has 1 aliphatic carbocycles. The van der Waals surface area contributed by atoms with Gasteiger partial charge in [-0.3, -0.25) is 9.59 Å². The zero-order valence-corrected chi connectivity index (χ0v) is 12.3. The topological polar surface area (TPSA) is 80.1 Å². The summed E-state index contributed by atoms with van der Waals surface area (Å²) in [6, 6.07) is 0. The Balaban J connectivity index is 1.81. The number of aryl methyl sites for hydroxylation is 1. The molecule has 3 rings (SSSR count). The smallest absolute Gasteiger partial charge is 0.249 e. The fraction of sp³-hybridized carbons (Fsp3) is 0.714. The van der Waals surface area contributed by atoms with Crippen LogP contribution in [0.3, 0.4) is 0 Å². The van der Waals surface area contributed by atoms with E-state index in [0.717, 1.165) is 37.9 Å². The second-order valence-corrected chi connectivity index (χ2v) is 5.84. The quantitative estimate of drug-likeness (QED) is 0.877. The van der Waals surface area contributed by atoms with Crippen molar-refractivity contribution >= 4 is 11.8 Å². The molecule has 1 saturated heterocycles. The molecule has 0 bridgehead atoms. The molecule has 1 spiro atoms. The van der Waals surface area contributed by atoms with E-state index in [1.54, 1.807) is 9.58 Å². The molecule has 1 aromatic heterocycles. The first-order valence-electron chi connectivity index (χ1n) is 7.62. The van der Waals surface area contributed by atoms with Crippen molar-refractivity contribution in [2.24, 2.45) is 0 Å². The van der Waals surface area contributed by atoms with Crippen LogP contribution in [-0.2, 0) is 22.7 Å². The number of piperazine rings is 1. The molecular weight excluding hydrogens is 270 g/mol. The highest BCUT2D eigenvalue weighted by molar-refractivity contribution is 5.98. The summed E-state index contributed by atoms with van der Waals surface area (Å²) >= 11 is 0. The van der Waals surface area contributed by atoms with Gasteiger partial charge in [0.2, 0.25) is 11.8 Å². The van der Waals surface area contributed by atoms with Crippen LogP contribution in [-0.4, -0.2) is 43.6 Å². The van der Waals surface area contributed by atoms with Crippen molar-refractivity contribution in [3.63, 3.8) is 0 Å². The van der Waals surface area contributed by atoms with E-state index < -0.39 is 5.54 Å². The third-order valence-corrected chi connectivity index (χ3v) is 4.44. The number of hydrogen-bond donors (Lipinski definition) is 1. The fourth-order valence-electron chi connectivity index (χ4n) is 3.38. The van der Waals surface area contributed by atoms with Crippen molar-refractivity contribution in [2.75, 3.05) is 6.54 Å². The maximum Gasteiger partial charge on any atom is 0.249 e. The van der Waals surface area contributed by atoms with E-state index >= 15 is 0 Å². The lowest BCUT2D eigenvalue weighted by Crippen LogP contribution is -2.67. The van der Waals surface area contributed by atoms with Gasteiger partial charge in [0, 0.05) is 6.54 Å². The van der Waals surface area contributed by atoms with E-state index in [1.807, 2.05) is 6.92 Å². The Bertz CT molecular complexity index is 547. The minimum atomic E-state index is -0.676. The molecule has 114 valence electrons. The lowest BCUT2D eigenvalue weighted by atomic mass is 9.79. The van der Waals surface area contributed by atoms with E-state index in [2.05, 4.69) is 15.4 Å². The monoisotopic (exact) mass is 291 g/mol. The van der Waals surface area contributed by atoms with E-state index in [0.29, 0.717) is 13.1 Å². The van der Waals surface area contributed by atoms with Gasteiger partial charge in [-0.15, -0.1) is 0 Å². The minimum Gasteiger partial charge on any atom is -0.340 e. The minimum absolute atomic E-state index is 0.0347. The maximum atomic E-state index is 12.8. The average molecular weight is 291 g/mol. The van der Waals surface area contributed by atoms with Crippen LogP contribution in [0.25, 0.3) is 0 Å². The molecular formula is C14H21N5O2. The van der Waals surface area contributed by atoms with Crippen LogP contribution in [0.5, 0.6) is 0 Å². The fourth-order valence-corrected chi connectivity index (χ4v) is 3.38. The molecule has 2 amide bonds. The number of hydrogen-bond acceptors (Lipinski definition) is 4. The van der Waals surface area contributed by atoms with Crippen molar-refractivity contribution in [2.45, 2.75) is 57.7 Å². The summed E-state index contributed by atoms with van der Waals surface area (Å²) in [4.78, 5) is 30.7. The molecule has 7 nitrogen and oxygen atoms in total. The van der Waals surface area contributed by atoms with E-state index in [-0.39, 0.29) is 18.4 Å². The predicted molar refractivity (Wildman–Crippen MR) is 75.1 cm³/mol. The number of aromatic nitrogens is 3. The standard InChI is InChI=1S/C14H21N5O2/c1-2-19-11(15-10-16-19)8-18-9-12(20)17-14(13(18)21)6-4-3-5-7-14/h10H,2-9H2,1H3,(H,17,20). The maximum absolute atomic E-state index is 12.8. The normalized spacial score (nSPS) is 21.7. The lowest BCUT2D eigenvalue weighted by Gasteiger charge is -2.43. The zero-order chi connectivity index (χ0) is 14.9. The first kappa shape index (κ1) is 14.0. The first-order valence-corrected chi connectivity index (χ1v) is 7.62. The Kier molecular flexibility index (Phi) is 3.65. The molecule has 2 fully saturated rings. The largest absolute Gasteiger partial charge is 0.340 e. The SMILES string of the molecule is CCn1ncnc1CN1CC(=O)NC2(CCCCC2)C1=O. The van der Waals surface area contributed by atoms with Crippen LogP contribution in [0.4, 0.5) is 0 Å². The molecule has 0 atom stereocenters. The van der Waals surface area contributed by atoms with Gasteiger partial charge in [-0.2, -0.15) is 5.10 Å². The van der Waals surface area contributed by atoms with Crippen LogP contribution in [0, 0.1) is 0 Å².